The number of ether oxygens (including phenoxy) is 2. The quantitative estimate of drug-likeness (QED) is 0.398. The highest BCUT2D eigenvalue weighted by Crippen LogP contribution is 2.66. The molecule has 0 radical (unpaired) electrons. The Bertz CT molecular complexity index is 1310. The molecule has 3 N–H and O–H groups in total. The second kappa shape index (κ2) is 9.69. The van der Waals surface area contributed by atoms with Crippen molar-refractivity contribution in [3.05, 3.63) is 23.3 Å². The van der Waals surface area contributed by atoms with Gasteiger partial charge in [-0.25, -0.2) is 4.79 Å². The number of piperidine rings is 1. The van der Waals surface area contributed by atoms with E-state index in [9.17, 15) is 24.3 Å². The number of carbonyl (C=O) groups is 4. The van der Waals surface area contributed by atoms with Crippen molar-refractivity contribution in [1.82, 2.24) is 15.5 Å². The van der Waals surface area contributed by atoms with E-state index < -0.39 is 29.3 Å². The second-order valence-electron chi connectivity index (χ2n) is 13.1. The zero-order valence-corrected chi connectivity index (χ0v) is 24.3. The van der Waals surface area contributed by atoms with Gasteiger partial charge in [-0.1, -0.05) is 6.07 Å². The molecule has 3 fully saturated rings. The first-order valence-electron chi connectivity index (χ1n) is 14.8. The molecular formula is C30H41N4O7+. The van der Waals surface area contributed by atoms with Gasteiger partial charge in [-0.3, -0.25) is 14.4 Å². The Morgan fingerprint density at radius 1 is 1.27 bits per heavy atom. The zero-order chi connectivity index (χ0) is 29.3. The third-order valence-electron chi connectivity index (χ3n) is 10.3. The van der Waals surface area contributed by atoms with Gasteiger partial charge in [-0.15, -0.1) is 0 Å². The molecule has 222 valence electrons. The molecule has 2 aliphatic heterocycles. The van der Waals surface area contributed by atoms with E-state index in [2.05, 4.69) is 17.7 Å². The van der Waals surface area contributed by atoms with Crippen LogP contribution in [0.5, 0.6) is 11.5 Å². The molecule has 1 aromatic rings. The highest BCUT2D eigenvalue weighted by molar-refractivity contribution is 5.90. The number of nitrogens with zero attached hydrogens (tertiary/aromatic N) is 2. The monoisotopic (exact) mass is 569 g/mol. The number of carbonyl (C=O) groups excluding carboxylic acids is 4. The summed E-state index contributed by atoms with van der Waals surface area (Å²) < 4.78 is 13.0. The average molecular weight is 570 g/mol. The van der Waals surface area contributed by atoms with Crippen LogP contribution >= 0.6 is 0 Å². The summed E-state index contributed by atoms with van der Waals surface area (Å²) in [7, 11) is 3.84. The predicted octanol–water partition coefficient (Wildman–Crippen LogP) is 1.04. The van der Waals surface area contributed by atoms with Crippen molar-refractivity contribution < 1.29 is 38.2 Å². The predicted molar refractivity (Wildman–Crippen MR) is 147 cm³/mol. The Hall–Kier alpha value is -3.18. The van der Waals surface area contributed by atoms with Crippen LogP contribution < -0.4 is 20.1 Å². The third kappa shape index (κ3) is 4.31. The van der Waals surface area contributed by atoms with Crippen LogP contribution in [0.3, 0.4) is 0 Å². The maximum Gasteiger partial charge on any atom is 0.415 e. The molecule has 11 nitrogen and oxygen atoms in total. The van der Waals surface area contributed by atoms with Crippen molar-refractivity contribution in [2.75, 3.05) is 40.3 Å². The molecule has 11 heteroatoms. The summed E-state index contributed by atoms with van der Waals surface area (Å²) in [6.45, 7) is 5.20. The number of nitrogens with one attached hydrogen (secondary N) is 2. The van der Waals surface area contributed by atoms with E-state index >= 15 is 0 Å². The molecule has 2 heterocycles. The highest BCUT2D eigenvalue weighted by atomic mass is 16.6. The van der Waals surface area contributed by atoms with Crippen LogP contribution in [0, 0.1) is 5.92 Å². The maximum atomic E-state index is 13.3. The van der Waals surface area contributed by atoms with Crippen LogP contribution in [0.15, 0.2) is 12.1 Å². The number of rotatable bonds is 8. The molecule has 6 rings (SSSR count). The van der Waals surface area contributed by atoms with Gasteiger partial charge in [0.25, 0.3) is 0 Å². The van der Waals surface area contributed by atoms with Gasteiger partial charge in [0, 0.05) is 57.8 Å². The van der Waals surface area contributed by atoms with Gasteiger partial charge >= 0.3 is 6.09 Å². The minimum atomic E-state index is -1.07. The molecule has 0 aromatic heterocycles. The number of likely N-dealkylation sites (N-methyl/N-ethyl adjacent to an activating group) is 2. The molecule has 3 amide bonds. The molecule has 3 aliphatic carbocycles. The number of ketones is 1. The van der Waals surface area contributed by atoms with E-state index in [0.717, 1.165) is 28.7 Å². The number of hydrogen-bond acceptors (Lipinski definition) is 7. The number of Topliss-reactive ketones (excluding diaryl/α,β-unsaturated/α-hetero) is 1. The number of amides is 3. The Morgan fingerprint density at radius 3 is 2.73 bits per heavy atom. The molecule has 1 aromatic carbocycles. The van der Waals surface area contributed by atoms with E-state index in [1.165, 1.54) is 24.7 Å². The van der Waals surface area contributed by atoms with Gasteiger partial charge in [-0.2, -0.15) is 0 Å². The first-order chi connectivity index (χ1) is 19.4. The average Bonchev–Trinajstić information content (AvgIpc) is 3.64. The first-order valence-corrected chi connectivity index (χ1v) is 14.8. The standard InChI is InChI=1S/C30H40N4O7/c1-17(32-18(2)35)27(37)31-12-13-33(3)28(38)40-22-8-7-20-15-23-30(39)10-9-21(36)26-29(30,24(20)25(22)41-26)11-14-34(23,4)16-19-5-6-19/h7-8,17,19,23,26,39H,5-6,9-16H2,1-4H3,(H-,31,32,35,37)/p+1/t17-,23+,26-,29-,30+,34?/m0/s1. The van der Waals surface area contributed by atoms with E-state index in [0.29, 0.717) is 30.9 Å². The largest absolute Gasteiger partial charge is 0.477 e. The summed E-state index contributed by atoms with van der Waals surface area (Å²) in [5.74, 6) is 0.690. The molecule has 2 saturated carbocycles. The van der Waals surface area contributed by atoms with E-state index in [-0.39, 0.29) is 48.9 Å². The van der Waals surface area contributed by atoms with Crippen molar-refractivity contribution >= 4 is 23.7 Å². The van der Waals surface area contributed by atoms with E-state index in [1.54, 1.807) is 20.0 Å². The van der Waals surface area contributed by atoms with Crippen LogP contribution in [-0.2, 0) is 26.2 Å². The summed E-state index contributed by atoms with van der Waals surface area (Å²) in [6, 6.07) is 3.01. The Kier molecular flexibility index (Phi) is 6.61. The lowest BCUT2D eigenvalue weighted by molar-refractivity contribution is -0.950. The maximum absolute atomic E-state index is 13.3. The third-order valence-corrected chi connectivity index (χ3v) is 10.3. The molecule has 5 aliphatic rings. The summed E-state index contributed by atoms with van der Waals surface area (Å²) in [4.78, 5) is 51.0. The van der Waals surface area contributed by atoms with Crippen molar-refractivity contribution in [2.24, 2.45) is 5.92 Å². The Labute approximate surface area is 240 Å². The van der Waals surface area contributed by atoms with Crippen molar-refractivity contribution in [3.8, 4) is 11.5 Å². The molecule has 1 unspecified atom stereocenters. The van der Waals surface area contributed by atoms with Gasteiger partial charge < -0.3 is 34.6 Å². The van der Waals surface area contributed by atoms with E-state index in [1.807, 2.05) is 6.07 Å². The molecular weight excluding hydrogens is 528 g/mol. The lowest BCUT2D eigenvalue weighted by Crippen LogP contribution is -2.80. The minimum Gasteiger partial charge on any atom is -0.477 e. The van der Waals surface area contributed by atoms with Crippen molar-refractivity contribution in [2.45, 2.75) is 81.6 Å². The van der Waals surface area contributed by atoms with Gasteiger partial charge in [0.1, 0.15) is 17.7 Å². The lowest BCUT2D eigenvalue weighted by Gasteiger charge is -2.64. The minimum absolute atomic E-state index is 0.00519. The zero-order valence-electron chi connectivity index (χ0n) is 24.3. The summed E-state index contributed by atoms with van der Waals surface area (Å²) in [5.41, 5.74) is 0.00746. The van der Waals surface area contributed by atoms with Gasteiger partial charge in [-0.05, 0) is 37.8 Å². The fourth-order valence-electron chi connectivity index (χ4n) is 8.14. The van der Waals surface area contributed by atoms with Crippen LogP contribution in [0.4, 0.5) is 4.79 Å². The van der Waals surface area contributed by atoms with Crippen molar-refractivity contribution in [1.29, 1.82) is 0 Å². The van der Waals surface area contributed by atoms with Crippen LogP contribution in [0.25, 0.3) is 0 Å². The fraction of sp³-hybridized carbons (Fsp3) is 0.667. The molecule has 1 saturated heterocycles. The lowest BCUT2D eigenvalue weighted by atomic mass is 9.48. The summed E-state index contributed by atoms with van der Waals surface area (Å²) >= 11 is 0. The Balaban J connectivity index is 1.22. The molecule has 2 bridgehead atoms. The fourth-order valence-corrected chi connectivity index (χ4v) is 8.14. The number of hydrogen-bond donors (Lipinski definition) is 3. The molecule has 1 spiro atoms. The van der Waals surface area contributed by atoms with Crippen molar-refractivity contribution in [3.63, 3.8) is 0 Å². The number of benzene rings is 1. The molecule has 41 heavy (non-hydrogen) atoms. The summed E-state index contributed by atoms with van der Waals surface area (Å²) in [5, 5.41) is 17.8. The SMILES string of the molecule is CC(=O)N[C@@H](C)C(=O)NCCN(C)C(=O)Oc1ccc2c3c1O[C@H]1C(=O)CC[C@@]4(O)[C@@H](C2)[N+](C)(CC2CC2)CC[C@]314. The second-order valence-corrected chi connectivity index (χ2v) is 13.1. The van der Waals surface area contributed by atoms with Crippen LogP contribution in [0.2, 0.25) is 0 Å². The van der Waals surface area contributed by atoms with Gasteiger partial charge in [0.2, 0.25) is 11.8 Å². The Morgan fingerprint density at radius 2 is 2.02 bits per heavy atom. The van der Waals surface area contributed by atoms with Gasteiger partial charge in [0.05, 0.1) is 25.6 Å². The van der Waals surface area contributed by atoms with Gasteiger partial charge in [0.15, 0.2) is 23.4 Å². The number of aliphatic hydroxyl groups is 1. The normalized spacial score (nSPS) is 33.2. The topological polar surface area (TPSA) is 134 Å². The number of likely N-dealkylation sites (tertiary alicyclic amines) is 1. The molecule has 6 atom stereocenters. The summed E-state index contributed by atoms with van der Waals surface area (Å²) in [6.07, 6.45) is 3.12. The smallest absolute Gasteiger partial charge is 0.415 e. The van der Waals surface area contributed by atoms with Crippen LogP contribution in [-0.4, -0.2) is 102 Å². The first kappa shape index (κ1) is 28.0. The highest BCUT2D eigenvalue weighted by Gasteiger charge is 2.76. The number of quaternary nitrogens is 1. The van der Waals surface area contributed by atoms with E-state index in [4.69, 9.17) is 9.47 Å². The van der Waals surface area contributed by atoms with Crippen LogP contribution in [0.1, 0.15) is 57.1 Å².